The number of halogens is 1. The highest BCUT2D eigenvalue weighted by Gasteiger charge is 2.37. The molecule has 5 nitrogen and oxygen atoms in total. The van der Waals surface area contributed by atoms with Crippen LogP contribution < -0.4 is 4.90 Å². The number of sulfone groups is 1. The van der Waals surface area contributed by atoms with E-state index >= 15 is 0 Å². The third-order valence-corrected chi connectivity index (χ3v) is 7.51. The van der Waals surface area contributed by atoms with Gasteiger partial charge in [0.1, 0.15) is 17.6 Å². The molecule has 1 aromatic carbocycles. The number of carbonyl (C=O) groups is 1. The summed E-state index contributed by atoms with van der Waals surface area (Å²) in [5.41, 5.74) is 0. The van der Waals surface area contributed by atoms with E-state index in [1.807, 2.05) is 4.90 Å². The van der Waals surface area contributed by atoms with Gasteiger partial charge in [0.05, 0.1) is 37.7 Å². The maximum atomic E-state index is 12.9. The van der Waals surface area contributed by atoms with Crippen LogP contribution in [0.3, 0.4) is 0 Å². The largest absolute Gasteiger partial charge is 0.331 e. The van der Waals surface area contributed by atoms with E-state index in [4.69, 9.17) is 0 Å². The van der Waals surface area contributed by atoms with Gasteiger partial charge in [-0.15, -0.1) is 11.8 Å². The Hall–Kier alpha value is -1.12. The van der Waals surface area contributed by atoms with Gasteiger partial charge in [0.2, 0.25) is 5.91 Å². The minimum atomic E-state index is -2.85. The number of piperazine rings is 1. The summed E-state index contributed by atoms with van der Waals surface area (Å²) in [6.45, 7) is 2.98. The predicted molar refractivity (Wildman–Crippen MR) is 91.5 cm³/mol. The van der Waals surface area contributed by atoms with Crippen molar-refractivity contribution in [2.45, 2.75) is 17.4 Å². The Morgan fingerprint density at radius 1 is 1.25 bits per heavy atom. The summed E-state index contributed by atoms with van der Waals surface area (Å²) in [7, 11) is -2.85. The van der Waals surface area contributed by atoms with Crippen molar-refractivity contribution in [1.29, 1.82) is 0 Å². The molecule has 8 heteroatoms. The average molecular weight is 373 g/mol. The SMILES string of the molecule is O=C(CSc1ccc(F)cc1)N1CC[NH+]([C@@H]2CCS(=O)(=O)C2)CC1. The number of hydrogen-bond donors (Lipinski definition) is 1. The first-order chi connectivity index (χ1) is 11.4. The van der Waals surface area contributed by atoms with Gasteiger partial charge >= 0.3 is 0 Å². The zero-order valence-electron chi connectivity index (χ0n) is 13.4. The van der Waals surface area contributed by atoms with Crippen LogP contribution in [0.2, 0.25) is 0 Å². The zero-order chi connectivity index (χ0) is 17.2. The van der Waals surface area contributed by atoms with E-state index in [9.17, 15) is 17.6 Å². The fourth-order valence-corrected chi connectivity index (χ4v) is 5.96. The monoisotopic (exact) mass is 373 g/mol. The van der Waals surface area contributed by atoms with Gasteiger partial charge in [-0.25, -0.2) is 12.8 Å². The van der Waals surface area contributed by atoms with Crippen LogP contribution in [-0.4, -0.2) is 68.7 Å². The van der Waals surface area contributed by atoms with Crippen LogP contribution in [0, 0.1) is 5.82 Å². The highest BCUT2D eigenvalue weighted by molar-refractivity contribution is 8.00. The van der Waals surface area contributed by atoms with Crippen LogP contribution in [0.5, 0.6) is 0 Å². The average Bonchev–Trinajstić information content (AvgIpc) is 2.94. The van der Waals surface area contributed by atoms with Crippen LogP contribution in [0.15, 0.2) is 29.2 Å². The molecule has 2 aliphatic heterocycles. The Morgan fingerprint density at radius 2 is 1.92 bits per heavy atom. The standard InChI is InChI=1S/C16H21FN2O3S2/c17-13-1-3-15(4-2-13)23-11-16(20)19-8-6-18(7-9-19)14-5-10-24(21,22)12-14/h1-4,14H,5-12H2/p+1/t14-/m1/s1. The number of carbonyl (C=O) groups excluding carboxylic acids is 1. The van der Waals surface area contributed by atoms with Crippen LogP contribution in [0.4, 0.5) is 4.39 Å². The van der Waals surface area contributed by atoms with Gasteiger partial charge in [0.25, 0.3) is 0 Å². The molecule has 0 spiro atoms. The van der Waals surface area contributed by atoms with Crippen molar-refractivity contribution in [3.63, 3.8) is 0 Å². The highest BCUT2D eigenvalue weighted by atomic mass is 32.2. The molecular formula is C16H22FN2O3S2+. The van der Waals surface area contributed by atoms with Crippen molar-refractivity contribution < 1.29 is 22.5 Å². The Bertz CT molecular complexity index is 686. The van der Waals surface area contributed by atoms with Crippen LogP contribution >= 0.6 is 11.8 Å². The molecule has 3 rings (SSSR count). The van der Waals surface area contributed by atoms with Gasteiger partial charge in [0.15, 0.2) is 9.84 Å². The Morgan fingerprint density at radius 3 is 2.50 bits per heavy atom. The second-order valence-corrected chi connectivity index (χ2v) is 9.66. The van der Waals surface area contributed by atoms with Gasteiger partial charge < -0.3 is 9.80 Å². The Balaban J connectivity index is 1.44. The van der Waals surface area contributed by atoms with Gasteiger partial charge in [-0.1, -0.05) is 0 Å². The van der Waals surface area contributed by atoms with Crippen molar-refractivity contribution in [3.8, 4) is 0 Å². The number of quaternary nitrogens is 1. The van der Waals surface area contributed by atoms with Gasteiger partial charge in [0, 0.05) is 11.3 Å². The van der Waals surface area contributed by atoms with Gasteiger partial charge in [-0.3, -0.25) is 4.79 Å². The molecule has 24 heavy (non-hydrogen) atoms. The van der Waals surface area contributed by atoms with E-state index in [2.05, 4.69) is 0 Å². The first kappa shape index (κ1) is 17.7. The second kappa shape index (κ2) is 7.41. The quantitative estimate of drug-likeness (QED) is 0.745. The lowest BCUT2D eigenvalue weighted by Crippen LogP contribution is -3.18. The maximum Gasteiger partial charge on any atom is 0.233 e. The molecule has 1 N–H and O–H groups in total. The van der Waals surface area contributed by atoms with Gasteiger partial charge in [-0.05, 0) is 24.3 Å². The minimum absolute atomic E-state index is 0.0856. The predicted octanol–water partition coefficient (Wildman–Crippen LogP) is -0.168. The molecular weight excluding hydrogens is 351 g/mol. The van der Waals surface area contributed by atoms with E-state index < -0.39 is 9.84 Å². The number of hydrogen-bond acceptors (Lipinski definition) is 4. The molecule has 0 unspecified atom stereocenters. The van der Waals surface area contributed by atoms with E-state index in [1.54, 1.807) is 12.1 Å². The summed E-state index contributed by atoms with van der Waals surface area (Å²) in [5.74, 6) is 0.745. The van der Waals surface area contributed by atoms with Crippen molar-refractivity contribution in [2.75, 3.05) is 43.4 Å². The fraction of sp³-hybridized carbons (Fsp3) is 0.562. The van der Waals surface area contributed by atoms with Crippen molar-refractivity contribution >= 4 is 27.5 Å². The number of nitrogens with zero attached hydrogens (tertiary/aromatic N) is 1. The number of rotatable bonds is 4. The summed E-state index contributed by atoms with van der Waals surface area (Å²) < 4.78 is 36.1. The number of amides is 1. The molecule has 2 fully saturated rings. The molecule has 1 atom stereocenters. The van der Waals surface area contributed by atoms with Crippen molar-refractivity contribution in [1.82, 2.24) is 4.90 Å². The molecule has 1 amide bonds. The topological polar surface area (TPSA) is 58.9 Å². The van der Waals surface area contributed by atoms with Crippen molar-refractivity contribution in [3.05, 3.63) is 30.1 Å². The molecule has 132 valence electrons. The first-order valence-electron chi connectivity index (χ1n) is 8.14. The third kappa shape index (κ3) is 4.49. The van der Waals surface area contributed by atoms with Crippen LogP contribution in [0.25, 0.3) is 0 Å². The van der Waals surface area contributed by atoms with E-state index in [0.717, 1.165) is 24.4 Å². The Kier molecular flexibility index (Phi) is 5.46. The lowest BCUT2D eigenvalue weighted by atomic mass is 10.2. The molecule has 2 aliphatic rings. The molecule has 2 saturated heterocycles. The maximum absolute atomic E-state index is 12.9. The molecule has 2 heterocycles. The lowest BCUT2D eigenvalue weighted by molar-refractivity contribution is -0.925. The Labute approximate surface area is 146 Å². The first-order valence-corrected chi connectivity index (χ1v) is 10.9. The van der Waals surface area contributed by atoms with Gasteiger partial charge in [-0.2, -0.15) is 0 Å². The smallest absolute Gasteiger partial charge is 0.233 e. The summed E-state index contributed by atoms with van der Waals surface area (Å²) in [6, 6.07) is 6.34. The summed E-state index contributed by atoms with van der Waals surface area (Å²) >= 11 is 1.41. The molecule has 0 saturated carbocycles. The molecule has 0 bridgehead atoms. The van der Waals surface area contributed by atoms with Crippen LogP contribution in [0.1, 0.15) is 6.42 Å². The normalized spacial score (nSPS) is 24.2. The zero-order valence-corrected chi connectivity index (χ0v) is 15.0. The highest BCUT2D eigenvalue weighted by Crippen LogP contribution is 2.18. The molecule has 0 aromatic heterocycles. The lowest BCUT2D eigenvalue weighted by Gasteiger charge is -2.35. The number of thioether (sulfide) groups is 1. The van der Waals surface area contributed by atoms with Crippen LogP contribution in [-0.2, 0) is 14.6 Å². The molecule has 0 aliphatic carbocycles. The summed E-state index contributed by atoms with van der Waals surface area (Å²) in [6.07, 6.45) is 0.742. The van der Waals surface area contributed by atoms with E-state index in [0.29, 0.717) is 24.6 Å². The summed E-state index contributed by atoms with van der Waals surface area (Å²) in [4.78, 5) is 16.3. The minimum Gasteiger partial charge on any atom is -0.331 e. The molecule has 1 aromatic rings. The van der Waals surface area contributed by atoms with E-state index in [1.165, 1.54) is 28.8 Å². The second-order valence-electron chi connectivity index (χ2n) is 6.38. The third-order valence-electron chi connectivity index (χ3n) is 4.74. The number of benzene rings is 1. The van der Waals surface area contributed by atoms with Crippen molar-refractivity contribution in [2.24, 2.45) is 0 Å². The molecule has 0 radical (unpaired) electrons. The number of nitrogens with one attached hydrogen (secondary N) is 1. The summed E-state index contributed by atoms with van der Waals surface area (Å²) in [5, 5.41) is 0. The van der Waals surface area contributed by atoms with E-state index in [-0.39, 0.29) is 23.5 Å². The fourth-order valence-electron chi connectivity index (χ4n) is 3.34.